The summed E-state index contributed by atoms with van der Waals surface area (Å²) in [6.45, 7) is 4.48. The fourth-order valence-electron chi connectivity index (χ4n) is 2.27. The lowest BCUT2D eigenvalue weighted by Gasteiger charge is -2.18. The average molecular weight is 286 g/mol. The third-order valence-electron chi connectivity index (χ3n) is 3.15. The lowest BCUT2D eigenvalue weighted by Crippen LogP contribution is -2.10. The lowest BCUT2D eigenvalue weighted by atomic mass is 9.99. The number of hydrogen-bond donors (Lipinski definition) is 1. The van der Waals surface area contributed by atoms with Crippen molar-refractivity contribution in [3.05, 3.63) is 65.2 Å². The molecule has 0 aromatic heterocycles. The van der Waals surface area contributed by atoms with Crippen molar-refractivity contribution in [2.45, 2.75) is 32.7 Å². The van der Waals surface area contributed by atoms with Crippen LogP contribution in [0.2, 0.25) is 0 Å². The molecule has 0 aliphatic carbocycles. The molecule has 0 saturated heterocycles. The van der Waals surface area contributed by atoms with Gasteiger partial charge in [-0.15, -0.1) is 0 Å². The van der Waals surface area contributed by atoms with Crippen LogP contribution in [-0.4, -0.2) is 18.3 Å². The number of aliphatic hydroxyl groups is 1. The lowest BCUT2D eigenvalue weighted by molar-refractivity contribution is 0.183. The van der Waals surface area contributed by atoms with E-state index in [0.29, 0.717) is 6.61 Å². The molecule has 21 heavy (non-hydrogen) atoms. The molecule has 2 aromatic carbocycles. The van der Waals surface area contributed by atoms with Crippen LogP contribution >= 0.6 is 0 Å². The van der Waals surface area contributed by atoms with Gasteiger partial charge in [-0.25, -0.2) is 0 Å². The van der Waals surface area contributed by atoms with Gasteiger partial charge in [-0.05, 0) is 31.0 Å². The first-order valence-corrected chi connectivity index (χ1v) is 7.13. The van der Waals surface area contributed by atoms with Gasteiger partial charge in [0.1, 0.15) is 11.9 Å². The smallest absolute Gasteiger partial charge is 0.125 e. The molecule has 0 aliphatic rings. The number of aliphatic hydroxyl groups excluding tert-OH is 1. The summed E-state index contributed by atoms with van der Waals surface area (Å²) in [5.41, 5.74) is 2.65. The molecule has 1 unspecified atom stereocenters. The van der Waals surface area contributed by atoms with E-state index in [2.05, 4.69) is 0 Å². The van der Waals surface area contributed by atoms with Crippen LogP contribution in [0.4, 0.5) is 0 Å². The number of ether oxygens (including phenoxy) is 2. The van der Waals surface area contributed by atoms with Gasteiger partial charge in [-0.3, -0.25) is 0 Å². The van der Waals surface area contributed by atoms with Crippen LogP contribution in [0.1, 0.15) is 36.6 Å². The van der Waals surface area contributed by atoms with E-state index in [1.807, 2.05) is 62.4 Å². The SMILES string of the molecule is COCc1cccc(C(O)c2ccccc2OC(C)C)c1. The van der Waals surface area contributed by atoms with Crippen molar-refractivity contribution in [1.29, 1.82) is 0 Å². The van der Waals surface area contributed by atoms with E-state index in [1.54, 1.807) is 7.11 Å². The first kappa shape index (κ1) is 15.5. The number of benzene rings is 2. The third kappa shape index (κ3) is 4.06. The van der Waals surface area contributed by atoms with Crippen LogP contribution in [-0.2, 0) is 11.3 Å². The van der Waals surface area contributed by atoms with E-state index in [-0.39, 0.29) is 6.10 Å². The minimum atomic E-state index is -0.711. The molecule has 0 bridgehead atoms. The Hall–Kier alpha value is -1.84. The molecule has 2 rings (SSSR count). The molecule has 1 N–H and O–H groups in total. The van der Waals surface area contributed by atoms with Gasteiger partial charge in [0.2, 0.25) is 0 Å². The average Bonchev–Trinajstić information content (AvgIpc) is 2.47. The van der Waals surface area contributed by atoms with Crippen LogP contribution in [0, 0.1) is 0 Å². The number of para-hydroxylation sites is 1. The van der Waals surface area contributed by atoms with Crippen molar-refractivity contribution in [3.8, 4) is 5.75 Å². The molecule has 0 radical (unpaired) electrons. The maximum Gasteiger partial charge on any atom is 0.125 e. The molecule has 0 amide bonds. The van der Waals surface area contributed by atoms with Crippen LogP contribution in [0.5, 0.6) is 5.75 Å². The molecule has 2 aromatic rings. The van der Waals surface area contributed by atoms with Gasteiger partial charge in [0, 0.05) is 12.7 Å². The topological polar surface area (TPSA) is 38.7 Å². The van der Waals surface area contributed by atoms with Gasteiger partial charge >= 0.3 is 0 Å². The molecule has 0 fully saturated rings. The molecule has 112 valence electrons. The van der Waals surface area contributed by atoms with E-state index in [1.165, 1.54) is 0 Å². The van der Waals surface area contributed by atoms with Gasteiger partial charge in [-0.2, -0.15) is 0 Å². The zero-order chi connectivity index (χ0) is 15.2. The summed E-state index contributed by atoms with van der Waals surface area (Å²) in [4.78, 5) is 0. The van der Waals surface area contributed by atoms with Crippen LogP contribution in [0.25, 0.3) is 0 Å². The van der Waals surface area contributed by atoms with Gasteiger partial charge in [0.05, 0.1) is 12.7 Å². The second-order valence-corrected chi connectivity index (χ2v) is 5.29. The van der Waals surface area contributed by atoms with Crippen molar-refractivity contribution in [2.24, 2.45) is 0 Å². The van der Waals surface area contributed by atoms with Crippen LogP contribution in [0.15, 0.2) is 48.5 Å². The van der Waals surface area contributed by atoms with Crippen molar-refractivity contribution in [1.82, 2.24) is 0 Å². The third-order valence-corrected chi connectivity index (χ3v) is 3.15. The fraction of sp³-hybridized carbons (Fsp3) is 0.333. The fourth-order valence-corrected chi connectivity index (χ4v) is 2.27. The molecule has 0 aliphatic heterocycles. The number of rotatable bonds is 6. The van der Waals surface area contributed by atoms with E-state index < -0.39 is 6.10 Å². The molecule has 0 heterocycles. The maximum absolute atomic E-state index is 10.7. The van der Waals surface area contributed by atoms with E-state index in [9.17, 15) is 5.11 Å². The zero-order valence-electron chi connectivity index (χ0n) is 12.7. The molecular formula is C18H22O3. The normalized spacial score (nSPS) is 12.4. The highest BCUT2D eigenvalue weighted by Gasteiger charge is 2.16. The Morgan fingerprint density at radius 1 is 1.05 bits per heavy atom. The van der Waals surface area contributed by atoms with Crippen LogP contribution in [0.3, 0.4) is 0 Å². The molecular weight excluding hydrogens is 264 g/mol. The molecule has 3 heteroatoms. The highest BCUT2D eigenvalue weighted by atomic mass is 16.5. The highest BCUT2D eigenvalue weighted by Crippen LogP contribution is 2.30. The molecule has 0 spiro atoms. The summed E-state index contributed by atoms with van der Waals surface area (Å²) in [5.74, 6) is 0.720. The summed E-state index contributed by atoms with van der Waals surface area (Å²) < 4.78 is 10.9. The number of hydrogen-bond acceptors (Lipinski definition) is 3. The summed E-state index contributed by atoms with van der Waals surface area (Å²) in [6, 6.07) is 15.4. The van der Waals surface area contributed by atoms with E-state index >= 15 is 0 Å². The van der Waals surface area contributed by atoms with Crippen molar-refractivity contribution < 1.29 is 14.6 Å². The van der Waals surface area contributed by atoms with Gasteiger partial charge in [0.25, 0.3) is 0 Å². The monoisotopic (exact) mass is 286 g/mol. The Morgan fingerprint density at radius 2 is 1.81 bits per heavy atom. The Bertz CT molecular complexity index is 578. The second kappa shape index (κ2) is 7.25. The van der Waals surface area contributed by atoms with Crippen molar-refractivity contribution >= 4 is 0 Å². The largest absolute Gasteiger partial charge is 0.491 e. The van der Waals surface area contributed by atoms with Crippen molar-refractivity contribution in [2.75, 3.05) is 7.11 Å². The summed E-state index contributed by atoms with van der Waals surface area (Å²) in [6.07, 6.45) is -0.644. The Balaban J connectivity index is 2.31. The molecule has 0 saturated carbocycles. The Labute approximate surface area is 126 Å². The van der Waals surface area contributed by atoms with Crippen LogP contribution < -0.4 is 4.74 Å². The Kier molecular flexibility index (Phi) is 5.37. The van der Waals surface area contributed by atoms with E-state index in [4.69, 9.17) is 9.47 Å². The first-order chi connectivity index (χ1) is 10.1. The van der Waals surface area contributed by atoms with E-state index in [0.717, 1.165) is 22.4 Å². The first-order valence-electron chi connectivity index (χ1n) is 7.13. The standard InChI is InChI=1S/C18H22O3/c1-13(2)21-17-10-5-4-9-16(17)18(19)15-8-6-7-14(11-15)12-20-3/h4-11,13,18-19H,12H2,1-3H3. The highest BCUT2D eigenvalue weighted by molar-refractivity contribution is 5.41. The quantitative estimate of drug-likeness (QED) is 0.880. The zero-order valence-corrected chi connectivity index (χ0v) is 12.7. The molecule has 3 nitrogen and oxygen atoms in total. The summed E-state index contributed by atoms with van der Waals surface area (Å²) >= 11 is 0. The van der Waals surface area contributed by atoms with Gasteiger partial charge in [-0.1, -0.05) is 42.5 Å². The minimum absolute atomic E-state index is 0.0678. The van der Waals surface area contributed by atoms with Crippen molar-refractivity contribution in [3.63, 3.8) is 0 Å². The predicted octanol–water partition coefficient (Wildman–Crippen LogP) is 3.70. The predicted molar refractivity (Wildman–Crippen MR) is 83.4 cm³/mol. The van der Waals surface area contributed by atoms with Gasteiger partial charge in [0.15, 0.2) is 0 Å². The maximum atomic E-state index is 10.7. The number of methoxy groups -OCH3 is 1. The van der Waals surface area contributed by atoms with Gasteiger partial charge < -0.3 is 14.6 Å². The summed E-state index contributed by atoms with van der Waals surface area (Å²) in [5, 5.41) is 10.7. The Morgan fingerprint density at radius 3 is 2.52 bits per heavy atom. The second-order valence-electron chi connectivity index (χ2n) is 5.29. The summed E-state index contributed by atoms with van der Waals surface area (Å²) in [7, 11) is 1.66. The minimum Gasteiger partial charge on any atom is -0.491 e. The molecule has 1 atom stereocenters.